The molecule has 0 aliphatic heterocycles. The molecule has 0 atom stereocenters. The van der Waals surface area contributed by atoms with Crippen molar-refractivity contribution in [1.29, 1.82) is 0 Å². The van der Waals surface area contributed by atoms with Crippen molar-refractivity contribution in [3.8, 4) is 11.5 Å². The molecule has 0 fully saturated rings. The lowest BCUT2D eigenvalue weighted by atomic mass is 10.1. The largest absolute Gasteiger partial charge is 0.496 e. The molecule has 0 aliphatic carbocycles. The third-order valence-electron chi connectivity index (χ3n) is 2.12. The molecule has 88 valence electrons. The van der Waals surface area contributed by atoms with Crippen molar-refractivity contribution in [1.82, 2.24) is 0 Å². The minimum absolute atomic E-state index is 0.211. The van der Waals surface area contributed by atoms with Gasteiger partial charge in [-0.3, -0.25) is 0 Å². The van der Waals surface area contributed by atoms with Crippen LogP contribution in [-0.2, 0) is 0 Å². The number of benzene rings is 1. The maximum absolute atomic E-state index is 5.67. The van der Waals surface area contributed by atoms with Crippen molar-refractivity contribution < 1.29 is 9.47 Å². The first-order valence-electron chi connectivity index (χ1n) is 4.51. The molecule has 0 radical (unpaired) electrons. The Hall–Kier alpha value is -1.56. The van der Waals surface area contributed by atoms with Gasteiger partial charge in [0.05, 0.1) is 24.7 Å². The summed E-state index contributed by atoms with van der Waals surface area (Å²) in [6, 6.07) is 3.60. The quantitative estimate of drug-likeness (QED) is 0.270. The van der Waals surface area contributed by atoms with Gasteiger partial charge in [-0.05, 0) is 18.4 Å². The second-order valence-electron chi connectivity index (χ2n) is 2.92. The molecular weight excluding hydrogens is 226 g/mol. The first-order valence-corrected chi connectivity index (χ1v) is 5.74. The molecule has 0 heterocycles. The zero-order chi connectivity index (χ0) is 12.1. The summed E-state index contributed by atoms with van der Waals surface area (Å²) in [6.45, 7) is 0. The van der Waals surface area contributed by atoms with Crippen LogP contribution in [0.2, 0.25) is 0 Å². The van der Waals surface area contributed by atoms with E-state index in [4.69, 9.17) is 21.1 Å². The summed E-state index contributed by atoms with van der Waals surface area (Å²) < 4.78 is 10.5. The standard InChI is InChI=1S/C10H15N3O2S/c1-14-7-5-9(16-3)8(15-2)4-6(7)10(11)13-12/h4-5H,12H2,1-3H3,(H2,11,13). The first kappa shape index (κ1) is 12.5. The molecule has 0 saturated heterocycles. The van der Waals surface area contributed by atoms with Crippen molar-refractivity contribution in [2.24, 2.45) is 16.7 Å². The first-order chi connectivity index (χ1) is 7.67. The van der Waals surface area contributed by atoms with Crippen LogP contribution in [0.25, 0.3) is 0 Å². The second kappa shape index (κ2) is 5.50. The van der Waals surface area contributed by atoms with Crippen molar-refractivity contribution in [3.63, 3.8) is 0 Å². The van der Waals surface area contributed by atoms with Gasteiger partial charge in [0.2, 0.25) is 0 Å². The van der Waals surface area contributed by atoms with Gasteiger partial charge in [-0.1, -0.05) is 0 Å². The van der Waals surface area contributed by atoms with Crippen LogP contribution in [0.4, 0.5) is 0 Å². The highest BCUT2D eigenvalue weighted by Crippen LogP contribution is 2.34. The van der Waals surface area contributed by atoms with E-state index in [2.05, 4.69) is 5.10 Å². The van der Waals surface area contributed by atoms with E-state index in [0.717, 1.165) is 10.6 Å². The molecule has 0 saturated carbocycles. The van der Waals surface area contributed by atoms with Crippen LogP contribution in [-0.4, -0.2) is 26.3 Å². The fourth-order valence-electron chi connectivity index (χ4n) is 1.30. The molecule has 0 aliphatic rings. The number of amidine groups is 1. The van der Waals surface area contributed by atoms with Crippen LogP contribution in [0.1, 0.15) is 5.56 Å². The average Bonchev–Trinajstić information content (AvgIpc) is 2.35. The average molecular weight is 241 g/mol. The van der Waals surface area contributed by atoms with E-state index in [1.54, 1.807) is 32.0 Å². The predicted molar refractivity (Wildman–Crippen MR) is 66.2 cm³/mol. The highest BCUT2D eigenvalue weighted by molar-refractivity contribution is 7.98. The monoisotopic (exact) mass is 241 g/mol. The van der Waals surface area contributed by atoms with E-state index in [9.17, 15) is 0 Å². The third kappa shape index (κ3) is 2.33. The Balaban J connectivity index is 3.37. The molecule has 16 heavy (non-hydrogen) atoms. The summed E-state index contributed by atoms with van der Waals surface area (Å²) in [7, 11) is 3.17. The van der Waals surface area contributed by atoms with Crippen LogP contribution in [0.15, 0.2) is 22.1 Å². The molecular formula is C10H15N3O2S. The molecule has 4 N–H and O–H groups in total. The molecule has 5 nitrogen and oxygen atoms in total. The Morgan fingerprint density at radius 2 is 1.88 bits per heavy atom. The summed E-state index contributed by atoms with van der Waals surface area (Å²) in [5.74, 6) is 6.70. The number of nitrogens with zero attached hydrogens (tertiary/aromatic N) is 1. The zero-order valence-electron chi connectivity index (χ0n) is 9.48. The van der Waals surface area contributed by atoms with Gasteiger partial charge < -0.3 is 21.1 Å². The molecule has 0 bridgehead atoms. The van der Waals surface area contributed by atoms with Gasteiger partial charge in [-0.15, -0.1) is 11.8 Å². The Morgan fingerprint density at radius 3 is 2.31 bits per heavy atom. The molecule has 1 aromatic rings. The maximum atomic E-state index is 5.67. The highest BCUT2D eigenvalue weighted by Gasteiger charge is 2.13. The molecule has 0 amide bonds. The Bertz CT molecular complexity index is 407. The summed E-state index contributed by atoms with van der Waals surface area (Å²) in [5, 5.41) is 3.45. The van der Waals surface area contributed by atoms with E-state index in [-0.39, 0.29) is 5.84 Å². The molecule has 1 aromatic carbocycles. The van der Waals surface area contributed by atoms with Crippen LogP contribution in [0.5, 0.6) is 11.5 Å². The Labute approximate surface area is 98.8 Å². The number of hydrazone groups is 1. The lowest BCUT2D eigenvalue weighted by molar-refractivity contribution is 0.393. The number of thioether (sulfide) groups is 1. The molecule has 0 unspecified atom stereocenters. The van der Waals surface area contributed by atoms with Crippen LogP contribution in [0, 0.1) is 0 Å². The predicted octanol–water partition coefficient (Wildman–Crippen LogP) is 1.00. The molecule has 6 heteroatoms. The summed E-state index contributed by atoms with van der Waals surface area (Å²) >= 11 is 1.56. The third-order valence-corrected chi connectivity index (χ3v) is 2.88. The number of rotatable bonds is 4. The number of hydrogen-bond donors (Lipinski definition) is 2. The SMILES string of the molecule is COc1cc(/C(N)=N/N)c(OC)cc1SC. The topological polar surface area (TPSA) is 82.9 Å². The minimum atomic E-state index is 0.211. The van der Waals surface area contributed by atoms with E-state index in [1.165, 1.54) is 0 Å². The number of nitrogens with two attached hydrogens (primary N) is 2. The van der Waals surface area contributed by atoms with E-state index in [0.29, 0.717) is 11.3 Å². The van der Waals surface area contributed by atoms with Crippen LogP contribution in [0.3, 0.4) is 0 Å². The van der Waals surface area contributed by atoms with Crippen molar-refractivity contribution in [2.45, 2.75) is 4.90 Å². The van der Waals surface area contributed by atoms with Crippen molar-refractivity contribution in [2.75, 3.05) is 20.5 Å². The number of hydrogen-bond acceptors (Lipinski definition) is 5. The van der Waals surface area contributed by atoms with Crippen molar-refractivity contribution >= 4 is 17.6 Å². The van der Waals surface area contributed by atoms with Crippen molar-refractivity contribution in [3.05, 3.63) is 17.7 Å². The van der Waals surface area contributed by atoms with Crippen LogP contribution < -0.4 is 21.1 Å². The smallest absolute Gasteiger partial charge is 0.154 e. The zero-order valence-corrected chi connectivity index (χ0v) is 10.3. The van der Waals surface area contributed by atoms with Gasteiger partial charge in [0.25, 0.3) is 0 Å². The summed E-state index contributed by atoms with van der Waals surface area (Å²) in [6.07, 6.45) is 1.96. The van der Waals surface area contributed by atoms with Gasteiger partial charge in [-0.25, -0.2) is 0 Å². The molecule has 0 spiro atoms. The fourth-order valence-corrected chi connectivity index (χ4v) is 1.87. The number of ether oxygens (including phenoxy) is 2. The Morgan fingerprint density at radius 1 is 1.25 bits per heavy atom. The normalized spacial score (nSPS) is 11.3. The summed E-state index contributed by atoms with van der Waals surface area (Å²) in [5.41, 5.74) is 6.29. The minimum Gasteiger partial charge on any atom is -0.496 e. The highest BCUT2D eigenvalue weighted by atomic mass is 32.2. The van der Waals surface area contributed by atoms with Gasteiger partial charge in [0, 0.05) is 0 Å². The lowest BCUT2D eigenvalue weighted by Gasteiger charge is -2.12. The molecule has 1 rings (SSSR count). The lowest BCUT2D eigenvalue weighted by Crippen LogP contribution is -2.16. The summed E-state index contributed by atoms with van der Waals surface area (Å²) in [4.78, 5) is 0.966. The second-order valence-corrected chi connectivity index (χ2v) is 3.77. The number of methoxy groups -OCH3 is 2. The van der Waals surface area contributed by atoms with Gasteiger partial charge >= 0.3 is 0 Å². The van der Waals surface area contributed by atoms with Crippen LogP contribution >= 0.6 is 11.8 Å². The van der Waals surface area contributed by atoms with E-state index < -0.39 is 0 Å². The van der Waals surface area contributed by atoms with Gasteiger partial charge in [0.1, 0.15) is 11.5 Å². The van der Waals surface area contributed by atoms with Gasteiger partial charge in [-0.2, -0.15) is 5.10 Å². The van der Waals surface area contributed by atoms with E-state index in [1.807, 2.05) is 12.3 Å². The Kier molecular flexibility index (Phi) is 4.30. The fraction of sp³-hybridized carbons (Fsp3) is 0.300. The molecule has 0 aromatic heterocycles. The van der Waals surface area contributed by atoms with Gasteiger partial charge in [0.15, 0.2) is 5.84 Å². The van der Waals surface area contributed by atoms with E-state index >= 15 is 0 Å². The maximum Gasteiger partial charge on any atom is 0.154 e.